The number of nitrogens with one attached hydrogen (secondary N) is 1. The number of carbonyl (C=O) groups excluding carboxylic acids is 4. The molecule has 0 aliphatic carbocycles. The highest BCUT2D eigenvalue weighted by Gasteiger charge is 2.40. The number of esters is 1. The predicted molar refractivity (Wildman–Crippen MR) is 102 cm³/mol. The summed E-state index contributed by atoms with van der Waals surface area (Å²) in [4.78, 5) is 53.8. The summed E-state index contributed by atoms with van der Waals surface area (Å²) >= 11 is 0. The molecular formula is C20H17N3O5. The van der Waals surface area contributed by atoms with Gasteiger partial charge < -0.3 is 4.74 Å². The van der Waals surface area contributed by atoms with Gasteiger partial charge in [-0.3, -0.25) is 19.9 Å². The SMILES string of the molecule is COC(=O)c1cccc(N=C[C@@H]2C(=O)NC(=O)N(c3cccc(C)c3)C2=O)c1. The van der Waals surface area contributed by atoms with E-state index in [1.165, 1.54) is 13.2 Å². The quantitative estimate of drug-likeness (QED) is 0.499. The van der Waals surface area contributed by atoms with Crippen LogP contribution in [0.1, 0.15) is 15.9 Å². The van der Waals surface area contributed by atoms with Gasteiger partial charge in [0.15, 0.2) is 5.92 Å². The molecule has 2 aromatic carbocycles. The van der Waals surface area contributed by atoms with Crippen molar-refractivity contribution in [3.05, 3.63) is 59.7 Å². The molecule has 0 bridgehead atoms. The number of anilines is 1. The van der Waals surface area contributed by atoms with Crippen molar-refractivity contribution in [3.8, 4) is 0 Å². The van der Waals surface area contributed by atoms with Gasteiger partial charge in [-0.1, -0.05) is 18.2 Å². The molecule has 1 aliphatic heterocycles. The molecular weight excluding hydrogens is 362 g/mol. The number of barbiturate groups is 1. The molecule has 3 rings (SSSR count). The number of aryl methyl sites for hydroxylation is 1. The van der Waals surface area contributed by atoms with E-state index in [0.717, 1.165) is 16.7 Å². The number of benzene rings is 2. The van der Waals surface area contributed by atoms with Crippen molar-refractivity contribution in [2.24, 2.45) is 10.9 Å². The summed E-state index contributed by atoms with van der Waals surface area (Å²) in [6.45, 7) is 1.83. The van der Waals surface area contributed by atoms with Gasteiger partial charge in [0.25, 0.3) is 5.91 Å². The number of rotatable bonds is 4. The Balaban J connectivity index is 1.88. The minimum absolute atomic E-state index is 0.285. The summed E-state index contributed by atoms with van der Waals surface area (Å²) in [5.74, 6) is -3.27. The minimum atomic E-state index is -1.28. The Hall–Kier alpha value is -3.81. The molecule has 1 heterocycles. The summed E-state index contributed by atoms with van der Waals surface area (Å²) in [7, 11) is 1.26. The number of nitrogens with zero attached hydrogens (tertiary/aromatic N) is 2. The highest BCUT2D eigenvalue weighted by Crippen LogP contribution is 2.22. The number of amides is 4. The number of imide groups is 2. The molecule has 0 unspecified atom stereocenters. The lowest BCUT2D eigenvalue weighted by Crippen LogP contribution is -2.58. The maximum atomic E-state index is 12.8. The van der Waals surface area contributed by atoms with Gasteiger partial charge in [0, 0.05) is 6.21 Å². The summed E-state index contributed by atoms with van der Waals surface area (Å²) in [6, 6.07) is 12.2. The topological polar surface area (TPSA) is 105 Å². The molecule has 2 aromatic rings. The van der Waals surface area contributed by atoms with Crippen LogP contribution >= 0.6 is 0 Å². The number of methoxy groups -OCH3 is 1. The van der Waals surface area contributed by atoms with E-state index in [2.05, 4.69) is 15.0 Å². The first-order chi connectivity index (χ1) is 13.4. The van der Waals surface area contributed by atoms with Crippen LogP contribution in [0, 0.1) is 12.8 Å². The fourth-order valence-corrected chi connectivity index (χ4v) is 2.73. The Labute approximate surface area is 160 Å². The lowest BCUT2D eigenvalue weighted by atomic mass is 10.1. The molecule has 28 heavy (non-hydrogen) atoms. The molecule has 1 fully saturated rings. The van der Waals surface area contributed by atoms with Gasteiger partial charge in [-0.05, 0) is 42.8 Å². The van der Waals surface area contributed by atoms with E-state index in [-0.39, 0.29) is 5.56 Å². The molecule has 142 valence electrons. The van der Waals surface area contributed by atoms with Crippen molar-refractivity contribution in [2.75, 3.05) is 12.0 Å². The number of ether oxygens (including phenoxy) is 1. The fraction of sp³-hybridized carbons (Fsp3) is 0.150. The first-order valence-electron chi connectivity index (χ1n) is 8.38. The third-order valence-corrected chi connectivity index (χ3v) is 4.10. The second-order valence-corrected chi connectivity index (χ2v) is 6.10. The number of carbonyl (C=O) groups is 4. The zero-order chi connectivity index (χ0) is 20.3. The van der Waals surface area contributed by atoms with E-state index < -0.39 is 29.7 Å². The van der Waals surface area contributed by atoms with E-state index in [4.69, 9.17) is 0 Å². The maximum absolute atomic E-state index is 12.8. The lowest BCUT2D eigenvalue weighted by Gasteiger charge is -2.28. The molecule has 1 N–H and O–H groups in total. The van der Waals surface area contributed by atoms with Gasteiger partial charge in [0.2, 0.25) is 5.91 Å². The van der Waals surface area contributed by atoms with Gasteiger partial charge >= 0.3 is 12.0 Å². The smallest absolute Gasteiger partial charge is 0.337 e. The number of urea groups is 1. The molecule has 8 heteroatoms. The monoisotopic (exact) mass is 379 g/mol. The molecule has 1 aliphatic rings. The van der Waals surface area contributed by atoms with Crippen molar-refractivity contribution in [1.29, 1.82) is 0 Å². The largest absolute Gasteiger partial charge is 0.465 e. The van der Waals surface area contributed by atoms with Crippen LogP contribution in [0.4, 0.5) is 16.2 Å². The second-order valence-electron chi connectivity index (χ2n) is 6.10. The molecule has 0 spiro atoms. The zero-order valence-electron chi connectivity index (χ0n) is 15.2. The normalized spacial score (nSPS) is 17.0. The minimum Gasteiger partial charge on any atom is -0.465 e. The Bertz CT molecular complexity index is 999. The highest BCUT2D eigenvalue weighted by atomic mass is 16.5. The Morgan fingerprint density at radius 3 is 2.61 bits per heavy atom. The van der Waals surface area contributed by atoms with Gasteiger partial charge in [0.1, 0.15) is 0 Å². The summed E-state index contributed by atoms with van der Waals surface area (Å²) in [5, 5.41) is 2.16. The Morgan fingerprint density at radius 1 is 1.14 bits per heavy atom. The summed E-state index contributed by atoms with van der Waals surface area (Å²) in [5.41, 5.74) is 1.87. The van der Waals surface area contributed by atoms with Crippen molar-refractivity contribution < 1.29 is 23.9 Å². The summed E-state index contributed by atoms with van der Waals surface area (Å²) in [6.07, 6.45) is 1.16. The predicted octanol–water partition coefficient (Wildman–Crippen LogP) is 2.38. The molecule has 0 radical (unpaired) electrons. The van der Waals surface area contributed by atoms with Crippen molar-refractivity contribution in [2.45, 2.75) is 6.92 Å². The first-order valence-corrected chi connectivity index (χ1v) is 8.38. The maximum Gasteiger partial charge on any atom is 0.337 e. The standard InChI is InChI=1S/C20H17N3O5/c1-12-5-3-8-15(9-12)23-18(25)16(17(24)22-20(23)27)11-21-14-7-4-6-13(10-14)19(26)28-2/h3-11,16H,1-2H3,(H,22,24,27)/t16-/m1/s1. The van der Waals surface area contributed by atoms with Crippen LogP contribution in [0.2, 0.25) is 0 Å². The van der Waals surface area contributed by atoms with Gasteiger partial charge in [-0.2, -0.15) is 0 Å². The van der Waals surface area contributed by atoms with Crippen LogP contribution in [0.3, 0.4) is 0 Å². The molecule has 8 nitrogen and oxygen atoms in total. The van der Waals surface area contributed by atoms with Crippen molar-refractivity contribution in [1.82, 2.24) is 5.32 Å². The zero-order valence-corrected chi connectivity index (χ0v) is 15.2. The van der Waals surface area contributed by atoms with Crippen LogP contribution in [-0.2, 0) is 14.3 Å². The van der Waals surface area contributed by atoms with Gasteiger partial charge in [-0.25, -0.2) is 14.5 Å². The Morgan fingerprint density at radius 2 is 1.89 bits per heavy atom. The van der Waals surface area contributed by atoms with E-state index in [1.54, 1.807) is 36.4 Å². The van der Waals surface area contributed by atoms with Gasteiger partial charge in [0.05, 0.1) is 24.0 Å². The van der Waals surface area contributed by atoms with E-state index in [0.29, 0.717) is 11.4 Å². The van der Waals surface area contributed by atoms with E-state index in [9.17, 15) is 19.2 Å². The second kappa shape index (κ2) is 7.83. The van der Waals surface area contributed by atoms with Crippen LogP contribution in [0.15, 0.2) is 53.5 Å². The number of hydrogen-bond acceptors (Lipinski definition) is 6. The lowest BCUT2D eigenvalue weighted by molar-refractivity contribution is -0.131. The fourth-order valence-electron chi connectivity index (χ4n) is 2.73. The third kappa shape index (κ3) is 3.80. The average molecular weight is 379 g/mol. The number of aliphatic imine (C=N–C) groups is 1. The average Bonchev–Trinajstić information content (AvgIpc) is 2.67. The third-order valence-electron chi connectivity index (χ3n) is 4.10. The first kappa shape index (κ1) is 19.0. The molecule has 0 aromatic heterocycles. The van der Waals surface area contributed by atoms with Crippen molar-refractivity contribution in [3.63, 3.8) is 0 Å². The van der Waals surface area contributed by atoms with E-state index >= 15 is 0 Å². The van der Waals surface area contributed by atoms with E-state index in [1.807, 2.05) is 13.0 Å². The van der Waals surface area contributed by atoms with Crippen LogP contribution in [-0.4, -0.2) is 37.1 Å². The highest BCUT2D eigenvalue weighted by molar-refractivity contribution is 6.32. The molecule has 1 atom stereocenters. The molecule has 0 saturated carbocycles. The van der Waals surface area contributed by atoms with Crippen molar-refractivity contribution >= 4 is 41.4 Å². The van der Waals surface area contributed by atoms with Crippen LogP contribution < -0.4 is 10.2 Å². The van der Waals surface area contributed by atoms with Crippen LogP contribution in [0.25, 0.3) is 0 Å². The Kier molecular flexibility index (Phi) is 5.30. The molecule has 1 saturated heterocycles. The van der Waals surface area contributed by atoms with Gasteiger partial charge in [-0.15, -0.1) is 0 Å². The molecule has 4 amide bonds. The summed E-state index contributed by atoms with van der Waals surface area (Å²) < 4.78 is 4.65. The number of hydrogen-bond donors (Lipinski definition) is 1. The van der Waals surface area contributed by atoms with Crippen LogP contribution in [0.5, 0.6) is 0 Å².